The quantitative estimate of drug-likeness (QED) is 0.863. The van der Waals surface area contributed by atoms with Crippen LogP contribution in [-0.4, -0.2) is 24.2 Å². The summed E-state index contributed by atoms with van der Waals surface area (Å²) in [5, 5.41) is 0.367. The van der Waals surface area contributed by atoms with Gasteiger partial charge in [0, 0.05) is 11.6 Å². The predicted octanol–water partition coefficient (Wildman–Crippen LogP) is 3.43. The second-order valence-electron chi connectivity index (χ2n) is 4.10. The van der Waals surface area contributed by atoms with Gasteiger partial charge in [0.2, 0.25) is 0 Å². The van der Waals surface area contributed by atoms with Crippen LogP contribution >= 0.6 is 11.6 Å². The Labute approximate surface area is 117 Å². The lowest BCUT2D eigenvalue weighted by atomic mass is 10.1. The van der Waals surface area contributed by atoms with Crippen molar-refractivity contribution in [3.63, 3.8) is 0 Å². The molecule has 2 rings (SSSR count). The minimum Gasteiger partial charge on any atom is -0.497 e. The molecular weight excluding hydrogens is 264 g/mol. The van der Waals surface area contributed by atoms with Gasteiger partial charge in [-0.3, -0.25) is 0 Å². The minimum atomic E-state index is 0.367. The summed E-state index contributed by atoms with van der Waals surface area (Å²) < 4.78 is 10.5. The molecule has 0 N–H and O–H groups in total. The van der Waals surface area contributed by atoms with Crippen LogP contribution in [0.4, 0.5) is 0 Å². The molecule has 0 bridgehead atoms. The number of hydrogen-bond donors (Lipinski definition) is 0. The molecule has 0 saturated carbocycles. The molecule has 1 aromatic heterocycles. The van der Waals surface area contributed by atoms with Crippen LogP contribution < -0.4 is 9.47 Å². The van der Waals surface area contributed by atoms with Crippen LogP contribution in [0.5, 0.6) is 11.5 Å². The monoisotopic (exact) mass is 278 g/mol. The van der Waals surface area contributed by atoms with Gasteiger partial charge in [0.25, 0.3) is 0 Å². The summed E-state index contributed by atoms with van der Waals surface area (Å²) in [5.74, 6) is 1.37. The predicted molar refractivity (Wildman–Crippen MR) is 75.1 cm³/mol. The zero-order valence-electron chi connectivity index (χ0n) is 11.3. The lowest BCUT2D eigenvalue weighted by Gasteiger charge is -2.12. The van der Waals surface area contributed by atoms with E-state index in [1.807, 2.05) is 26.0 Å². The summed E-state index contributed by atoms with van der Waals surface area (Å²) >= 11 is 6.18. The molecule has 0 unspecified atom stereocenters. The average molecular weight is 279 g/mol. The van der Waals surface area contributed by atoms with Crippen LogP contribution in [0.3, 0.4) is 0 Å². The summed E-state index contributed by atoms with van der Waals surface area (Å²) in [6.45, 7) is 3.78. The zero-order valence-corrected chi connectivity index (χ0v) is 12.1. The Kier molecular flexibility index (Phi) is 3.90. The Morgan fingerprint density at radius 2 is 1.68 bits per heavy atom. The number of hydrogen-bond acceptors (Lipinski definition) is 4. The molecule has 2 aromatic rings. The van der Waals surface area contributed by atoms with E-state index in [-0.39, 0.29) is 0 Å². The fraction of sp³-hybridized carbons (Fsp3) is 0.286. The Bertz CT molecular complexity index is 615. The third-order valence-corrected chi connectivity index (χ3v) is 3.19. The van der Waals surface area contributed by atoms with Crippen LogP contribution in [0, 0.1) is 13.8 Å². The first-order valence-corrected chi connectivity index (χ1v) is 6.17. The number of rotatable bonds is 3. The molecule has 0 aliphatic rings. The molecule has 1 heterocycles. The smallest absolute Gasteiger partial charge is 0.155 e. The van der Waals surface area contributed by atoms with E-state index in [9.17, 15) is 0 Å². The summed E-state index contributed by atoms with van der Waals surface area (Å²) in [4.78, 5) is 8.77. The Balaban J connectivity index is 2.61. The lowest BCUT2D eigenvalue weighted by Crippen LogP contribution is -1.98. The van der Waals surface area contributed by atoms with E-state index in [1.54, 1.807) is 20.3 Å². The molecule has 100 valence electrons. The standard InChI is InChI=1S/C14H15ClN2O2/c1-8-9(2)17-14(15)13(16-8)11-6-5-10(18-3)7-12(11)19-4/h5-7H,1-4H3. The highest BCUT2D eigenvalue weighted by Gasteiger charge is 2.14. The molecule has 0 aliphatic carbocycles. The maximum atomic E-state index is 6.18. The number of ether oxygens (including phenoxy) is 2. The number of aryl methyl sites for hydroxylation is 2. The van der Waals surface area contributed by atoms with Crippen molar-refractivity contribution in [3.05, 3.63) is 34.7 Å². The SMILES string of the molecule is COc1ccc(-c2nc(C)c(C)nc2Cl)c(OC)c1. The maximum absolute atomic E-state index is 6.18. The molecule has 4 nitrogen and oxygen atoms in total. The summed E-state index contributed by atoms with van der Waals surface area (Å²) in [7, 11) is 3.21. The molecule has 19 heavy (non-hydrogen) atoms. The number of halogens is 1. The molecular formula is C14H15ClN2O2. The van der Waals surface area contributed by atoms with E-state index in [1.165, 1.54) is 0 Å². The fourth-order valence-electron chi connectivity index (χ4n) is 1.74. The van der Waals surface area contributed by atoms with Gasteiger partial charge in [0.05, 0.1) is 25.6 Å². The first-order valence-electron chi connectivity index (χ1n) is 5.80. The van der Waals surface area contributed by atoms with Gasteiger partial charge in [-0.05, 0) is 26.0 Å². The Hall–Kier alpha value is -1.81. The van der Waals surface area contributed by atoms with E-state index >= 15 is 0 Å². The van der Waals surface area contributed by atoms with Gasteiger partial charge in [0.15, 0.2) is 5.15 Å². The number of methoxy groups -OCH3 is 2. The zero-order chi connectivity index (χ0) is 14.0. The minimum absolute atomic E-state index is 0.367. The molecule has 0 aliphatic heterocycles. The normalized spacial score (nSPS) is 10.4. The van der Waals surface area contributed by atoms with Crippen LogP contribution in [0.2, 0.25) is 5.15 Å². The second-order valence-corrected chi connectivity index (χ2v) is 4.46. The van der Waals surface area contributed by atoms with Gasteiger partial charge in [-0.1, -0.05) is 11.6 Å². The van der Waals surface area contributed by atoms with Gasteiger partial charge < -0.3 is 9.47 Å². The number of aromatic nitrogens is 2. The van der Waals surface area contributed by atoms with Crippen LogP contribution in [0.1, 0.15) is 11.4 Å². The molecule has 0 saturated heterocycles. The fourth-order valence-corrected chi connectivity index (χ4v) is 2.01. The van der Waals surface area contributed by atoms with Gasteiger partial charge in [0.1, 0.15) is 17.2 Å². The highest BCUT2D eigenvalue weighted by molar-refractivity contribution is 6.31. The van der Waals surface area contributed by atoms with E-state index in [0.717, 1.165) is 17.0 Å². The third kappa shape index (κ3) is 2.63. The largest absolute Gasteiger partial charge is 0.497 e. The van der Waals surface area contributed by atoms with Crippen molar-refractivity contribution in [2.75, 3.05) is 14.2 Å². The molecule has 0 spiro atoms. The summed E-state index contributed by atoms with van der Waals surface area (Å²) in [6, 6.07) is 5.50. The summed E-state index contributed by atoms with van der Waals surface area (Å²) in [5.41, 5.74) is 3.08. The van der Waals surface area contributed by atoms with Crippen molar-refractivity contribution in [2.45, 2.75) is 13.8 Å². The number of benzene rings is 1. The first kappa shape index (κ1) is 13.6. The highest BCUT2D eigenvalue weighted by Crippen LogP contribution is 2.35. The van der Waals surface area contributed by atoms with Crippen molar-refractivity contribution < 1.29 is 9.47 Å². The van der Waals surface area contributed by atoms with E-state index < -0.39 is 0 Å². The van der Waals surface area contributed by atoms with E-state index in [4.69, 9.17) is 21.1 Å². The van der Waals surface area contributed by atoms with Crippen molar-refractivity contribution >= 4 is 11.6 Å². The van der Waals surface area contributed by atoms with Crippen LogP contribution in [0.15, 0.2) is 18.2 Å². The molecule has 0 amide bonds. The Morgan fingerprint density at radius 3 is 2.32 bits per heavy atom. The number of nitrogens with zero attached hydrogens (tertiary/aromatic N) is 2. The molecule has 0 atom stereocenters. The topological polar surface area (TPSA) is 44.2 Å². The maximum Gasteiger partial charge on any atom is 0.155 e. The first-order chi connectivity index (χ1) is 9.06. The third-order valence-electron chi connectivity index (χ3n) is 2.93. The van der Waals surface area contributed by atoms with Crippen LogP contribution in [-0.2, 0) is 0 Å². The van der Waals surface area contributed by atoms with Gasteiger partial charge >= 0.3 is 0 Å². The van der Waals surface area contributed by atoms with E-state index in [2.05, 4.69) is 9.97 Å². The Morgan fingerprint density at radius 1 is 1.00 bits per heavy atom. The van der Waals surface area contributed by atoms with Crippen molar-refractivity contribution in [2.24, 2.45) is 0 Å². The summed E-state index contributed by atoms with van der Waals surface area (Å²) in [6.07, 6.45) is 0. The van der Waals surface area contributed by atoms with E-state index in [0.29, 0.717) is 22.3 Å². The van der Waals surface area contributed by atoms with Crippen molar-refractivity contribution in [3.8, 4) is 22.8 Å². The second kappa shape index (κ2) is 5.45. The lowest BCUT2D eigenvalue weighted by molar-refractivity contribution is 0.395. The molecule has 1 aromatic carbocycles. The van der Waals surface area contributed by atoms with Gasteiger partial charge in [-0.25, -0.2) is 9.97 Å². The molecule has 0 radical (unpaired) electrons. The molecule has 5 heteroatoms. The van der Waals surface area contributed by atoms with Crippen molar-refractivity contribution in [1.82, 2.24) is 9.97 Å². The van der Waals surface area contributed by atoms with Gasteiger partial charge in [-0.2, -0.15) is 0 Å². The average Bonchev–Trinajstić information content (AvgIpc) is 2.42. The highest BCUT2D eigenvalue weighted by atomic mass is 35.5. The van der Waals surface area contributed by atoms with Crippen LogP contribution in [0.25, 0.3) is 11.3 Å². The van der Waals surface area contributed by atoms with Crippen molar-refractivity contribution in [1.29, 1.82) is 0 Å². The van der Waals surface area contributed by atoms with Gasteiger partial charge in [-0.15, -0.1) is 0 Å². The molecule has 0 fully saturated rings.